The summed E-state index contributed by atoms with van der Waals surface area (Å²) in [6, 6.07) is 1.65. The molecule has 1 N–H and O–H groups in total. The first kappa shape index (κ1) is 12.8. The normalized spacial score (nSPS) is 23.1. The molecule has 1 fully saturated rings. The lowest BCUT2D eigenvalue weighted by Crippen LogP contribution is -2.38. The highest BCUT2D eigenvalue weighted by Crippen LogP contribution is 2.22. The van der Waals surface area contributed by atoms with Gasteiger partial charge in [0.25, 0.3) is 0 Å². The third-order valence-electron chi connectivity index (χ3n) is 3.21. The number of aromatic nitrogens is 2. The second-order valence-electron chi connectivity index (χ2n) is 4.54. The van der Waals surface area contributed by atoms with Crippen molar-refractivity contribution in [1.29, 1.82) is 0 Å². The lowest BCUT2D eigenvalue weighted by atomic mass is 10.1. The molecule has 6 heteroatoms. The predicted molar refractivity (Wildman–Crippen MR) is 66.0 cm³/mol. The van der Waals surface area contributed by atoms with Crippen molar-refractivity contribution in [2.75, 3.05) is 18.6 Å². The Kier molecular flexibility index (Phi) is 3.47. The number of aromatic carboxylic acids is 1. The van der Waals surface area contributed by atoms with Gasteiger partial charge in [0.15, 0.2) is 5.69 Å². The van der Waals surface area contributed by atoms with Crippen LogP contribution in [0.4, 0.5) is 5.95 Å². The van der Waals surface area contributed by atoms with E-state index in [1.807, 2.05) is 18.9 Å². The number of carbonyl (C=O) groups is 1. The minimum atomic E-state index is -1.04. The Bertz CT molecular complexity index is 464. The van der Waals surface area contributed by atoms with E-state index in [-0.39, 0.29) is 17.8 Å². The van der Waals surface area contributed by atoms with Gasteiger partial charge in [-0.15, -0.1) is 0 Å². The molecule has 1 aromatic heterocycles. The van der Waals surface area contributed by atoms with Crippen LogP contribution >= 0.6 is 0 Å². The standard InChI is InChI=1S/C12H17N3O3/c1-7-6-9(11(16)17)14-12(13-7)15(3)10-4-5-18-8(10)2/h6,8,10H,4-5H2,1-3H3,(H,16,17). The van der Waals surface area contributed by atoms with Crippen LogP contribution < -0.4 is 4.90 Å². The Morgan fingerprint density at radius 3 is 2.83 bits per heavy atom. The first-order valence-corrected chi connectivity index (χ1v) is 5.92. The van der Waals surface area contributed by atoms with Crippen LogP contribution in [0.15, 0.2) is 6.07 Å². The number of nitrogens with zero attached hydrogens (tertiary/aromatic N) is 3. The summed E-state index contributed by atoms with van der Waals surface area (Å²) in [5.74, 6) is -0.597. The second kappa shape index (κ2) is 4.89. The fraction of sp³-hybridized carbons (Fsp3) is 0.583. The van der Waals surface area contributed by atoms with Crippen molar-refractivity contribution in [3.8, 4) is 0 Å². The predicted octanol–water partition coefficient (Wildman–Crippen LogP) is 1.10. The minimum absolute atomic E-state index is 0.0240. The number of aryl methyl sites for hydroxylation is 1. The lowest BCUT2D eigenvalue weighted by molar-refractivity contribution is 0.0690. The molecule has 2 heterocycles. The Morgan fingerprint density at radius 2 is 2.28 bits per heavy atom. The van der Waals surface area contributed by atoms with Crippen LogP contribution in [0.5, 0.6) is 0 Å². The summed E-state index contributed by atoms with van der Waals surface area (Å²) in [6.45, 7) is 4.48. The summed E-state index contributed by atoms with van der Waals surface area (Å²) >= 11 is 0. The molecule has 0 bridgehead atoms. The maximum Gasteiger partial charge on any atom is 0.354 e. The lowest BCUT2D eigenvalue weighted by Gasteiger charge is -2.26. The highest BCUT2D eigenvalue weighted by Gasteiger charge is 2.29. The average molecular weight is 251 g/mol. The maximum absolute atomic E-state index is 11.0. The van der Waals surface area contributed by atoms with Crippen LogP contribution in [-0.4, -0.2) is 46.8 Å². The highest BCUT2D eigenvalue weighted by atomic mass is 16.5. The van der Waals surface area contributed by atoms with Gasteiger partial charge in [-0.2, -0.15) is 0 Å². The second-order valence-corrected chi connectivity index (χ2v) is 4.54. The molecule has 1 aromatic rings. The number of rotatable bonds is 3. The van der Waals surface area contributed by atoms with E-state index in [2.05, 4.69) is 9.97 Å². The van der Waals surface area contributed by atoms with Gasteiger partial charge in [-0.05, 0) is 26.3 Å². The molecule has 0 radical (unpaired) electrons. The van der Waals surface area contributed by atoms with Crippen molar-refractivity contribution < 1.29 is 14.6 Å². The monoisotopic (exact) mass is 251 g/mol. The van der Waals surface area contributed by atoms with Crippen molar-refractivity contribution in [2.24, 2.45) is 0 Å². The number of hydrogen-bond acceptors (Lipinski definition) is 5. The van der Waals surface area contributed by atoms with Gasteiger partial charge in [-0.3, -0.25) is 0 Å². The van der Waals surface area contributed by atoms with E-state index in [4.69, 9.17) is 9.84 Å². The molecular weight excluding hydrogens is 234 g/mol. The van der Waals surface area contributed by atoms with Crippen molar-refractivity contribution in [1.82, 2.24) is 9.97 Å². The quantitative estimate of drug-likeness (QED) is 0.867. The molecule has 98 valence electrons. The molecule has 2 unspecified atom stereocenters. The molecule has 0 aliphatic carbocycles. The molecule has 1 saturated heterocycles. The third kappa shape index (κ3) is 2.43. The summed E-state index contributed by atoms with van der Waals surface area (Å²) in [5, 5.41) is 9.00. The number of carboxylic acids is 1. The summed E-state index contributed by atoms with van der Waals surface area (Å²) in [6.07, 6.45) is 1.00. The zero-order valence-electron chi connectivity index (χ0n) is 10.8. The molecule has 0 saturated carbocycles. The SMILES string of the molecule is Cc1cc(C(=O)O)nc(N(C)C2CCOC2C)n1. The molecule has 2 rings (SSSR count). The molecule has 1 aliphatic rings. The van der Waals surface area contributed by atoms with Gasteiger partial charge in [0.05, 0.1) is 12.1 Å². The average Bonchev–Trinajstić information content (AvgIpc) is 2.73. The van der Waals surface area contributed by atoms with E-state index >= 15 is 0 Å². The van der Waals surface area contributed by atoms with Gasteiger partial charge in [-0.1, -0.05) is 0 Å². The molecule has 0 aromatic carbocycles. The van der Waals surface area contributed by atoms with Gasteiger partial charge >= 0.3 is 5.97 Å². The van der Waals surface area contributed by atoms with Gasteiger partial charge in [0.2, 0.25) is 5.95 Å². The fourth-order valence-electron chi connectivity index (χ4n) is 2.20. The summed E-state index contributed by atoms with van der Waals surface area (Å²) in [4.78, 5) is 21.2. The molecule has 2 atom stereocenters. The van der Waals surface area contributed by atoms with E-state index in [0.717, 1.165) is 6.42 Å². The Morgan fingerprint density at radius 1 is 1.56 bits per heavy atom. The number of likely N-dealkylation sites (N-methyl/N-ethyl adjacent to an activating group) is 1. The van der Waals surface area contributed by atoms with Crippen LogP contribution in [0.3, 0.4) is 0 Å². The Balaban J connectivity index is 2.29. The fourth-order valence-corrected chi connectivity index (χ4v) is 2.20. The molecule has 0 amide bonds. The van der Waals surface area contributed by atoms with E-state index < -0.39 is 5.97 Å². The third-order valence-corrected chi connectivity index (χ3v) is 3.21. The van der Waals surface area contributed by atoms with Gasteiger partial charge in [0, 0.05) is 19.3 Å². The van der Waals surface area contributed by atoms with E-state index in [9.17, 15) is 4.79 Å². The number of anilines is 1. The highest BCUT2D eigenvalue weighted by molar-refractivity contribution is 5.85. The van der Waals surface area contributed by atoms with Gasteiger partial charge < -0.3 is 14.7 Å². The number of ether oxygens (including phenoxy) is 1. The van der Waals surface area contributed by atoms with Crippen LogP contribution in [0.1, 0.15) is 29.5 Å². The molecular formula is C12H17N3O3. The van der Waals surface area contributed by atoms with Gasteiger partial charge in [0.1, 0.15) is 0 Å². The van der Waals surface area contributed by atoms with E-state index in [1.165, 1.54) is 6.07 Å². The summed E-state index contributed by atoms with van der Waals surface area (Å²) in [7, 11) is 1.87. The van der Waals surface area contributed by atoms with Crippen molar-refractivity contribution >= 4 is 11.9 Å². The van der Waals surface area contributed by atoms with E-state index in [1.54, 1.807) is 6.92 Å². The molecule has 18 heavy (non-hydrogen) atoms. The molecule has 6 nitrogen and oxygen atoms in total. The minimum Gasteiger partial charge on any atom is -0.477 e. The van der Waals surface area contributed by atoms with Crippen molar-refractivity contribution in [3.05, 3.63) is 17.5 Å². The first-order valence-electron chi connectivity index (χ1n) is 5.92. The molecule has 0 spiro atoms. The number of carboxylic acid groups (broad SMARTS) is 1. The maximum atomic E-state index is 11.0. The number of hydrogen-bond donors (Lipinski definition) is 1. The van der Waals surface area contributed by atoms with Crippen molar-refractivity contribution in [2.45, 2.75) is 32.4 Å². The Hall–Kier alpha value is -1.69. The summed E-state index contributed by atoms with van der Waals surface area (Å²) < 4.78 is 5.50. The van der Waals surface area contributed by atoms with Crippen LogP contribution in [0.25, 0.3) is 0 Å². The van der Waals surface area contributed by atoms with Crippen LogP contribution in [-0.2, 0) is 4.74 Å². The van der Waals surface area contributed by atoms with Crippen LogP contribution in [0.2, 0.25) is 0 Å². The molecule has 1 aliphatic heterocycles. The van der Waals surface area contributed by atoms with Crippen LogP contribution in [0, 0.1) is 6.92 Å². The summed E-state index contributed by atoms with van der Waals surface area (Å²) in [5.41, 5.74) is 0.673. The smallest absolute Gasteiger partial charge is 0.354 e. The zero-order chi connectivity index (χ0) is 13.3. The largest absolute Gasteiger partial charge is 0.477 e. The van der Waals surface area contributed by atoms with Crippen molar-refractivity contribution in [3.63, 3.8) is 0 Å². The van der Waals surface area contributed by atoms with E-state index in [0.29, 0.717) is 18.2 Å². The van der Waals surface area contributed by atoms with Gasteiger partial charge in [-0.25, -0.2) is 14.8 Å². The first-order chi connectivity index (χ1) is 8.49. The topological polar surface area (TPSA) is 75.5 Å². The Labute approximate surface area is 106 Å². The zero-order valence-corrected chi connectivity index (χ0v) is 10.8.